The highest BCUT2D eigenvalue weighted by Gasteiger charge is 2.28. The molecule has 0 radical (unpaired) electrons. The Balaban J connectivity index is 1.56. The van der Waals surface area contributed by atoms with Crippen LogP contribution in [0.15, 0.2) is 60.7 Å². The van der Waals surface area contributed by atoms with E-state index in [1.165, 1.54) is 26.4 Å². The summed E-state index contributed by atoms with van der Waals surface area (Å²) in [5, 5.41) is 2.87. The van der Waals surface area contributed by atoms with Crippen molar-refractivity contribution in [2.24, 2.45) is 0 Å². The number of hydrogen-bond acceptors (Lipinski definition) is 5. The maximum absolute atomic E-state index is 13.3. The number of amides is 2. The lowest BCUT2D eigenvalue weighted by Gasteiger charge is -2.22. The number of fused-ring (bicyclic) bond motifs is 1. The lowest BCUT2D eigenvalue weighted by Crippen LogP contribution is -2.37. The van der Waals surface area contributed by atoms with Crippen molar-refractivity contribution >= 4 is 17.5 Å². The van der Waals surface area contributed by atoms with Crippen LogP contribution in [0, 0.1) is 5.82 Å². The molecule has 1 aliphatic heterocycles. The zero-order valence-corrected chi connectivity index (χ0v) is 19.1. The first-order valence-corrected chi connectivity index (χ1v) is 10.7. The molecule has 0 fully saturated rings. The van der Waals surface area contributed by atoms with E-state index in [-0.39, 0.29) is 24.2 Å². The molecule has 1 N–H and O–H groups in total. The van der Waals surface area contributed by atoms with Crippen molar-refractivity contribution in [2.75, 3.05) is 19.5 Å². The second kappa shape index (κ2) is 9.82. The van der Waals surface area contributed by atoms with Crippen LogP contribution in [0.5, 0.6) is 17.2 Å². The van der Waals surface area contributed by atoms with Gasteiger partial charge >= 0.3 is 0 Å². The van der Waals surface area contributed by atoms with Gasteiger partial charge in [0.15, 0.2) is 6.10 Å². The van der Waals surface area contributed by atoms with E-state index in [4.69, 9.17) is 14.2 Å². The first-order valence-electron chi connectivity index (χ1n) is 10.7. The molecule has 0 unspecified atom stereocenters. The Morgan fingerprint density at radius 2 is 1.74 bits per heavy atom. The molecule has 1 atom stereocenters. The summed E-state index contributed by atoms with van der Waals surface area (Å²) in [6.45, 7) is 2.29. The summed E-state index contributed by atoms with van der Waals surface area (Å²) in [5.74, 6) is 0.743. The molecule has 1 aliphatic rings. The Hall–Kier alpha value is -4.07. The van der Waals surface area contributed by atoms with Gasteiger partial charge in [-0.3, -0.25) is 9.59 Å². The van der Waals surface area contributed by atoms with Crippen molar-refractivity contribution in [2.45, 2.75) is 26.1 Å². The molecular formula is C26H25FN2O5. The first kappa shape index (κ1) is 23.1. The molecule has 3 aromatic rings. The third kappa shape index (κ3) is 5.11. The van der Waals surface area contributed by atoms with E-state index in [9.17, 15) is 14.0 Å². The summed E-state index contributed by atoms with van der Waals surface area (Å²) < 4.78 is 29.6. The highest BCUT2D eigenvalue weighted by molar-refractivity contribution is 6.05. The lowest BCUT2D eigenvalue weighted by molar-refractivity contribution is -0.138. The molecule has 7 nitrogen and oxygen atoms in total. The molecule has 0 aliphatic carbocycles. The average Bonchev–Trinajstić information content (AvgIpc) is 2.96. The van der Waals surface area contributed by atoms with Crippen molar-refractivity contribution < 1.29 is 28.2 Å². The van der Waals surface area contributed by atoms with Crippen LogP contribution < -0.4 is 19.5 Å². The number of nitrogens with zero attached hydrogens (tertiary/aromatic N) is 1. The van der Waals surface area contributed by atoms with Crippen molar-refractivity contribution in [3.05, 3.63) is 83.2 Å². The summed E-state index contributed by atoms with van der Waals surface area (Å²) in [5.41, 5.74) is 2.49. The van der Waals surface area contributed by atoms with Gasteiger partial charge in [0, 0.05) is 36.0 Å². The fourth-order valence-electron chi connectivity index (χ4n) is 3.76. The number of methoxy groups -OCH3 is 2. The van der Waals surface area contributed by atoms with Gasteiger partial charge in [-0.2, -0.15) is 0 Å². The summed E-state index contributed by atoms with van der Waals surface area (Å²) in [6.07, 6.45) is -0.675. The van der Waals surface area contributed by atoms with E-state index < -0.39 is 6.10 Å². The van der Waals surface area contributed by atoms with Crippen LogP contribution >= 0.6 is 0 Å². The van der Waals surface area contributed by atoms with Crippen LogP contribution in [-0.4, -0.2) is 37.0 Å². The zero-order chi connectivity index (χ0) is 24.2. The minimum absolute atomic E-state index is 0.172. The summed E-state index contributed by atoms with van der Waals surface area (Å²) >= 11 is 0. The van der Waals surface area contributed by atoms with Crippen molar-refractivity contribution in [1.82, 2.24) is 4.90 Å². The summed E-state index contributed by atoms with van der Waals surface area (Å²) in [7, 11) is 3.03. The molecule has 1 heterocycles. The molecule has 176 valence electrons. The van der Waals surface area contributed by atoms with Crippen LogP contribution in [0.2, 0.25) is 0 Å². The molecule has 4 rings (SSSR count). The van der Waals surface area contributed by atoms with Gasteiger partial charge in [-0.05, 0) is 55.0 Å². The zero-order valence-electron chi connectivity index (χ0n) is 19.1. The maximum Gasteiger partial charge on any atom is 0.263 e. The van der Waals surface area contributed by atoms with E-state index >= 15 is 0 Å². The molecule has 2 amide bonds. The maximum atomic E-state index is 13.3. The highest BCUT2D eigenvalue weighted by atomic mass is 19.1. The van der Waals surface area contributed by atoms with Gasteiger partial charge in [-0.25, -0.2) is 4.39 Å². The third-order valence-electron chi connectivity index (χ3n) is 5.54. The number of nitrogens with one attached hydrogen (secondary N) is 1. The Labute approximate surface area is 197 Å². The van der Waals surface area contributed by atoms with Crippen LogP contribution in [0.3, 0.4) is 0 Å². The Kier molecular flexibility index (Phi) is 6.67. The highest BCUT2D eigenvalue weighted by Crippen LogP contribution is 2.30. The standard InChI is InChI=1S/C26H25FN2O5/c1-16-26(31)29(14-17-4-6-20(27)7-5-17)15-19-10-21(8-9-24(19)34-16)28-25(30)18-11-22(32-2)13-23(12-18)33-3/h4-13,16H,14-15H2,1-3H3,(H,28,30)/t16-/m0/s1. The number of ether oxygens (including phenoxy) is 3. The Morgan fingerprint density at radius 1 is 1.06 bits per heavy atom. The molecule has 0 spiro atoms. The van der Waals surface area contributed by atoms with Crippen LogP contribution in [0.4, 0.5) is 10.1 Å². The van der Waals surface area contributed by atoms with Gasteiger partial charge in [-0.1, -0.05) is 12.1 Å². The van der Waals surface area contributed by atoms with Gasteiger partial charge in [0.1, 0.15) is 23.1 Å². The van der Waals surface area contributed by atoms with E-state index in [0.29, 0.717) is 35.0 Å². The van der Waals surface area contributed by atoms with Crippen LogP contribution in [0.1, 0.15) is 28.4 Å². The average molecular weight is 464 g/mol. The molecule has 0 saturated heterocycles. The smallest absolute Gasteiger partial charge is 0.263 e. The van der Waals surface area contributed by atoms with Crippen molar-refractivity contribution in [3.8, 4) is 17.2 Å². The van der Waals surface area contributed by atoms with Gasteiger partial charge in [0.2, 0.25) is 0 Å². The fraction of sp³-hybridized carbons (Fsp3) is 0.231. The molecule has 8 heteroatoms. The quantitative estimate of drug-likeness (QED) is 0.585. The summed E-state index contributed by atoms with van der Waals surface area (Å²) in [4.78, 5) is 27.4. The van der Waals surface area contributed by atoms with E-state index in [1.807, 2.05) is 0 Å². The fourth-order valence-corrected chi connectivity index (χ4v) is 3.76. The minimum Gasteiger partial charge on any atom is -0.497 e. The first-order chi connectivity index (χ1) is 16.4. The number of halogens is 1. The van der Waals surface area contributed by atoms with Crippen LogP contribution in [-0.2, 0) is 17.9 Å². The SMILES string of the molecule is COc1cc(OC)cc(C(=O)Nc2ccc3c(c2)CN(Cc2ccc(F)cc2)C(=O)[C@H](C)O3)c1. The van der Waals surface area contributed by atoms with E-state index in [0.717, 1.165) is 11.1 Å². The second-order valence-corrected chi connectivity index (χ2v) is 7.96. The number of carbonyl (C=O) groups is 2. The van der Waals surface area contributed by atoms with Crippen molar-refractivity contribution in [3.63, 3.8) is 0 Å². The second-order valence-electron chi connectivity index (χ2n) is 7.96. The van der Waals surface area contributed by atoms with Gasteiger partial charge < -0.3 is 24.4 Å². The predicted octanol–water partition coefficient (Wildman–Crippen LogP) is 4.40. The Bertz CT molecular complexity index is 1190. The van der Waals surface area contributed by atoms with E-state index in [2.05, 4.69) is 5.32 Å². The number of anilines is 1. The molecule has 0 bridgehead atoms. The number of hydrogen-bond donors (Lipinski definition) is 1. The summed E-state index contributed by atoms with van der Waals surface area (Å²) in [6, 6.07) is 16.2. The van der Waals surface area contributed by atoms with E-state index in [1.54, 1.807) is 60.4 Å². The van der Waals surface area contributed by atoms with Gasteiger partial charge in [-0.15, -0.1) is 0 Å². The van der Waals surface area contributed by atoms with Crippen molar-refractivity contribution in [1.29, 1.82) is 0 Å². The molecule has 0 aromatic heterocycles. The van der Waals surface area contributed by atoms with Crippen LogP contribution in [0.25, 0.3) is 0 Å². The van der Waals surface area contributed by atoms with Gasteiger partial charge in [0.05, 0.1) is 14.2 Å². The molecule has 34 heavy (non-hydrogen) atoms. The monoisotopic (exact) mass is 464 g/mol. The normalized spacial score (nSPS) is 15.1. The lowest BCUT2D eigenvalue weighted by atomic mass is 10.1. The largest absolute Gasteiger partial charge is 0.497 e. The third-order valence-corrected chi connectivity index (χ3v) is 5.54. The molecule has 3 aromatic carbocycles. The Morgan fingerprint density at radius 3 is 2.38 bits per heavy atom. The number of benzene rings is 3. The molecule has 0 saturated carbocycles. The minimum atomic E-state index is -0.675. The predicted molar refractivity (Wildman–Crippen MR) is 125 cm³/mol. The number of rotatable bonds is 6. The molecular weight excluding hydrogens is 439 g/mol. The topological polar surface area (TPSA) is 77.1 Å². The van der Waals surface area contributed by atoms with Gasteiger partial charge in [0.25, 0.3) is 11.8 Å². The number of carbonyl (C=O) groups excluding carboxylic acids is 2.